The molecule has 0 fully saturated rings. The summed E-state index contributed by atoms with van der Waals surface area (Å²) in [5.41, 5.74) is 1.27. The van der Waals surface area contributed by atoms with Crippen LogP contribution in [-0.2, 0) is 21.3 Å². The summed E-state index contributed by atoms with van der Waals surface area (Å²) in [7, 11) is -2.35. The first kappa shape index (κ1) is 16.5. The van der Waals surface area contributed by atoms with Crippen LogP contribution in [0.2, 0.25) is 0 Å². The molecule has 0 saturated heterocycles. The molecule has 6 heteroatoms. The number of hydrogen-bond donors (Lipinski definition) is 0. The molecular weight excluding hydrogens is 307 g/mol. The minimum Gasteiger partial charge on any atom is -0.384 e. The molecule has 4 nitrogen and oxygen atoms in total. The lowest BCUT2D eigenvalue weighted by Gasteiger charge is -2.08. The van der Waals surface area contributed by atoms with Crippen LogP contribution in [0.1, 0.15) is 11.1 Å². The minimum absolute atomic E-state index is 0.0742. The highest BCUT2D eigenvalue weighted by Crippen LogP contribution is 2.21. The summed E-state index contributed by atoms with van der Waals surface area (Å²) in [6.07, 6.45) is 0.737. The van der Waals surface area contributed by atoms with Crippen LogP contribution in [0.25, 0.3) is 0 Å². The van der Waals surface area contributed by atoms with Gasteiger partial charge in [0.15, 0.2) is 0 Å². The van der Waals surface area contributed by atoms with E-state index in [2.05, 4.69) is 0 Å². The van der Waals surface area contributed by atoms with Gasteiger partial charge in [-0.15, -0.1) is 0 Å². The largest absolute Gasteiger partial charge is 0.384 e. The second-order valence-corrected chi connectivity index (χ2v) is 6.38. The van der Waals surface area contributed by atoms with Crippen molar-refractivity contribution in [2.75, 3.05) is 13.7 Å². The zero-order valence-corrected chi connectivity index (χ0v) is 13.2. The van der Waals surface area contributed by atoms with Crippen LogP contribution >= 0.6 is 0 Å². The molecule has 0 saturated carbocycles. The molecule has 0 heterocycles. The van der Waals surface area contributed by atoms with Gasteiger partial charge in [0.25, 0.3) is 0 Å². The fourth-order valence-electron chi connectivity index (χ4n) is 1.88. The van der Waals surface area contributed by atoms with Crippen molar-refractivity contribution in [2.45, 2.75) is 18.2 Å². The highest BCUT2D eigenvalue weighted by atomic mass is 32.2. The van der Waals surface area contributed by atoms with Crippen LogP contribution < -0.4 is 4.18 Å². The first-order valence-electron chi connectivity index (χ1n) is 6.71. The van der Waals surface area contributed by atoms with Gasteiger partial charge in [-0.1, -0.05) is 12.1 Å². The molecule has 0 aromatic heterocycles. The maximum Gasteiger partial charge on any atom is 0.339 e. The Kier molecular flexibility index (Phi) is 5.15. The van der Waals surface area contributed by atoms with Gasteiger partial charge in [0, 0.05) is 7.11 Å². The zero-order chi connectivity index (χ0) is 16.2. The Morgan fingerprint density at radius 3 is 2.36 bits per heavy atom. The van der Waals surface area contributed by atoms with Gasteiger partial charge in [0.2, 0.25) is 0 Å². The van der Waals surface area contributed by atoms with Gasteiger partial charge in [-0.25, -0.2) is 4.39 Å². The van der Waals surface area contributed by atoms with E-state index in [-0.39, 0.29) is 16.2 Å². The van der Waals surface area contributed by atoms with Gasteiger partial charge in [-0.3, -0.25) is 0 Å². The molecule has 0 amide bonds. The lowest BCUT2D eigenvalue weighted by atomic mass is 10.1. The van der Waals surface area contributed by atoms with Crippen molar-refractivity contribution in [2.24, 2.45) is 0 Å². The quantitative estimate of drug-likeness (QED) is 0.766. The number of rotatable bonds is 6. The second-order valence-electron chi connectivity index (χ2n) is 4.84. The zero-order valence-electron chi connectivity index (χ0n) is 12.4. The van der Waals surface area contributed by atoms with Crippen molar-refractivity contribution in [3.05, 3.63) is 59.4 Å². The Morgan fingerprint density at radius 2 is 1.77 bits per heavy atom. The van der Waals surface area contributed by atoms with E-state index in [0.717, 1.165) is 18.1 Å². The van der Waals surface area contributed by atoms with Crippen LogP contribution in [0.5, 0.6) is 5.75 Å². The van der Waals surface area contributed by atoms with Gasteiger partial charge in [0.05, 0.1) is 6.61 Å². The van der Waals surface area contributed by atoms with Crippen molar-refractivity contribution in [3.63, 3.8) is 0 Å². The maximum atomic E-state index is 13.2. The van der Waals surface area contributed by atoms with Gasteiger partial charge < -0.3 is 8.92 Å². The number of ether oxygens (including phenoxy) is 1. The summed E-state index contributed by atoms with van der Waals surface area (Å²) in [5, 5.41) is 0. The summed E-state index contributed by atoms with van der Waals surface area (Å²) < 4.78 is 47.6. The number of benzene rings is 2. The number of hydrogen-bond acceptors (Lipinski definition) is 4. The van der Waals surface area contributed by atoms with Gasteiger partial charge in [0.1, 0.15) is 16.5 Å². The van der Waals surface area contributed by atoms with E-state index >= 15 is 0 Å². The molecule has 22 heavy (non-hydrogen) atoms. The molecule has 0 bridgehead atoms. The molecule has 0 radical (unpaired) electrons. The Labute approximate surface area is 129 Å². The topological polar surface area (TPSA) is 52.6 Å². The van der Waals surface area contributed by atoms with Crippen molar-refractivity contribution < 1.29 is 21.7 Å². The average Bonchev–Trinajstić information content (AvgIpc) is 2.49. The van der Waals surface area contributed by atoms with Gasteiger partial charge in [-0.05, 0) is 54.8 Å². The normalized spacial score (nSPS) is 11.4. The molecule has 0 N–H and O–H groups in total. The van der Waals surface area contributed by atoms with Crippen LogP contribution in [0, 0.1) is 12.7 Å². The van der Waals surface area contributed by atoms with Crippen LogP contribution in [0.15, 0.2) is 47.4 Å². The molecule has 0 aliphatic heterocycles. The fraction of sp³-hybridized carbons (Fsp3) is 0.250. The summed E-state index contributed by atoms with van der Waals surface area (Å²) in [6.45, 7) is 2.09. The number of halogens is 1. The third kappa shape index (κ3) is 4.05. The Hall–Kier alpha value is -1.92. The Balaban J connectivity index is 2.16. The molecule has 0 aliphatic rings. The van der Waals surface area contributed by atoms with Crippen molar-refractivity contribution in [3.8, 4) is 5.75 Å². The Bertz CT molecular complexity index is 739. The number of aryl methyl sites for hydroxylation is 1. The van der Waals surface area contributed by atoms with E-state index < -0.39 is 15.9 Å². The van der Waals surface area contributed by atoms with E-state index in [9.17, 15) is 12.8 Å². The summed E-state index contributed by atoms with van der Waals surface area (Å²) in [4.78, 5) is -0.0742. The first-order valence-corrected chi connectivity index (χ1v) is 8.12. The van der Waals surface area contributed by atoms with Crippen LogP contribution in [-0.4, -0.2) is 22.1 Å². The third-order valence-electron chi connectivity index (χ3n) is 3.14. The maximum absolute atomic E-state index is 13.2. The van der Waals surface area contributed by atoms with Crippen LogP contribution in [0.3, 0.4) is 0 Å². The smallest absolute Gasteiger partial charge is 0.339 e. The van der Waals surface area contributed by atoms with E-state index in [1.807, 2.05) is 0 Å². The van der Waals surface area contributed by atoms with Crippen LogP contribution in [0.4, 0.5) is 4.39 Å². The van der Waals surface area contributed by atoms with E-state index in [0.29, 0.717) is 6.61 Å². The average molecular weight is 324 g/mol. The van der Waals surface area contributed by atoms with Gasteiger partial charge >= 0.3 is 10.1 Å². The van der Waals surface area contributed by atoms with Crippen molar-refractivity contribution in [1.82, 2.24) is 0 Å². The summed E-state index contributed by atoms with van der Waals surface area (Å²) in [6, 6.07) is 10.3. The van der Waals surface area contributed by atoms with E-state index in [1.54, 1.807) is 31.4 Å². The number of methoxy groups -OCH3 is 1. The highest BCUT2D eigenvalue weighted by molar-refractivity contribution is 7.87. The highest BCUT2D eigenvalue weighted by Gasteiger charge is 2.17. The molecule has 0 spiro atoms. The molecule has 2 rings (SSSR count). The molecule has 2 aromatic rings. The molecule has 118 valence electrons. The van der Waals surface area contributed by atoms with Gasteiger partial charge in [-0.2, -0.15) is 8.42 Å². The summed E-state index contributed by atoms with van der Waals surface area (Å²) in [5.74, 6) is -0.246. The van der Waals surface area contributed by atoms with E-state index in [1.165, 1.54) is 19.1 Å². The second kappa shape index (κ2) is 6.89. The third-order valence-corrected chi connectivity index (χ3v) is 4.39. The standard InChI is InChI=1S/C16H17FO4S/c1-12-11-15(7-8-16(12)17)22(18,19)21-14-5-3-13(4-6-14)9-10-20-2/h3-8,11H,9-10H2,1-2H3. The molecule has 0 unspecified atom stereocenters. The first-order chi connectivity index (χ1) is 10.4. The molecule has 2 aromatic carbocycles. The minimum atomic E-state index is -3.97. The Morgan fingerprint density at radius 1 is 1.09 bits per heavy atom. The predicted octanol–water partition coefficient (Wildman–Crippen LogP) is 3.09. The van der Waals surface area contributed by atoms with Crippen molar-refractivity contribution >= 4 is 10.1 Å². The predicted molar refractivity (Wildman–Crippen MR) is 81.0 cm³/mol. The fourth-order valence-corrected chi connectivity index (χ4v) is 2.90. The van der Waals surface area contributed by atoms with Crippen molar-refractivity contribution in [1.29, 1.82) is 0 Å². The molecule has 0 aliphatic carbocycles. The monoisotopic (exact) mass is 324 g/mol. The lowest BCUT2D eigenvalue weighted by molar-refractivity contribution is 0.202. The molecule has 0 atom stereocenters. The SMILES string of the molecule is COCCc1ccc(OS(=O)(=O)c2ccc(F)c(C)c2)cc1. The summed E-state index contributed by atoms with van der Waals surface area (Å²) >= 11 is 0. The lowest BCUT2D eigenvalue weighted by Crippen LogP contribution is -2.10. The van der Waals surface area contributed by atoms with E-state index in [4.69, 9.17) is 8.92 Å². The molecular formula is C16H17FO4S.